The number of esters is 1. The molecule has 236 valence electrons. The maximum atomic E-state index is 13.1. The average molecular weight is 730 g/mol. The van der Waals surface area contributed by atoms with Gasteiger partial charge in [-0.25, -0.2) is 18.7 Å². The highest BCUT2D eigenvalue weighted by molar-refractivity contribution is 8.03. The number of likely N-dealkylation sites (tertiary alicyclic amines) is 1. The number of thioether (sulfide) groups is 1. The van der Waals surface area contributed by atoms with Crippen LogP contribution in [0.2, 0.25) is 0 Å². The van der Waals surface area contributed by atoms with Crippen molar-refractivity contribution in [2.24, 2.45) is 24.6 Å². The Labute approximate surface area is 272 Å². The molecular formula is C29H40IN5O7S. The van der Waals surface area contributed by atoms with Crippen molar-refractivity contribution in [3.63, 3.8) is 0 Å². The van der Waals surface area contributed by atoms with Crippen LogP contribution in [0.4, 0.5) is 4.79 Å². The molecular weight excluding hydrogens is 689 g/mol. The zero-order valence-electron chi connectivity index (χ0n) is 24.7. The number of carbonyl (C=O) groups excluding carboxylic acids is 4. The predicted octanol–water partition coefficient (Wildman–Crippen LogP) is -1.97. The Hall–Kier alpha value is -2.85. The minimum atomic E-state index is -0.846. The van der Waals surface area contributed by atoms with E-state index in [4.69, 9.17) is 15.2 Å². The molecule has 0 bridgehead atoms. The lowest BCUT2D eigenvalue weighted by Crippen LogP contribution is -3.00. The van der Waals surface area contributed by atoms with Gasteiger partial charge < -0.3 is 54.1 Å². The highest BCUT2D eigenvalue weighted by Crippen LogP contribution is 2.52. The molecule has 0 unspecified atom stereocenters. The van der Waals surface area contributed by atoms with Gasteiger partial charge in [-0.3, -0.25) is 9.59 Å². The number of nitrogens with zero attached hydrogens (tertiary/aromatic N) is 4. The Bertz CT molecular complexity index is 1300. The van der Waals surface area contributed by atoms with Crippen molar-refractivity contribution in [2.45, 2.75) is 63.1 Å². The largest absolute Gasteiger partial charge is 1.00 e. The molecule has 2 fully saturated rings. The SMILES string of the molecule is C=CCOC(=O)C1=C(S[C@H]2C[C@@H](CC[n+]3cc(CC(N)=O)n(C)c3)N(C(=O)OCC=C)C2)[C@H](C)[C@@H]2[C@@H]([C@@H](C)O)C(=O)N12.[I-]. The lowest BCUT2D eigenvalue weighted by atomic mass is 9.79. The number of aromatic nitrogens is 2. The fourth-order valence-electron chi connectivity index (χ4n) is 6.10. The van der Waals surface area contributed by atoms with E-state index in [0.29, 0.717) is 25.9 Å². The van der Waals surface area contributed by atoms with E-state index in [1.807, 2.05) is 35.6 Å². The summed E-state index contributed by atoms with van der Waals surface area (Å²) in [6.07, 6.45) is 6.85. The van der Waals surface area contributed by atoms with Crippen LogP contribution < -0.4 is 34.3 Å². The number of amides is 3. The fourth-order valence-corrected chi connectivity index (χ4v) is 7.66. The molecule has 0 aromatic carbocycles. The quantitative estimate of drug-likeness (QED) is 0.0782. The van der Waals surface area contributed by atoms with Gasteiger partial charge in [-0.15, -0.1) is 11.8 Å². The average Bonchev–Trinajstić information content (AvgIpc) is 3.57. The van der Waals surface area contributed by atoms with Crippen molar-refractivity contribution in [3.8, 4) is 0 Å². The van der Waals surface area contributed by atoms with E-state index in [0.717, 1.165) is 10.6 Å². The van der Waals surface area contributed by atoms with Crippen LogP contribution in [0.25, 0.3) is 0 Å². The normalized spacial score (nSPS) is 25.0. The molecule has 6 atom stereocenters. The first-order chi connectivity index (χ1) is 20.0. The number of primary amides is 1. The van der Waals surface area contributed by atoms with E-state index < -0.39 is 30.0 Å². The number of β-lactam (4-membered cyclic amide) rings is 1. The Morgan fingerprint density at radius 3 is 2.56 bits per heavy atom. The summed E-state index contributed by atoms with van der Waals surface area (Å²) in [5.74, 6) is -2.10. The standard InChI is InChI=1S/C29H39N5O7S.HI/c1-6-10-40-28(38)25-26(17(3)24-23(18(4)35)27(37)34(24)25)42-21-12-19(33(15-21)29(39)41-11-7-2)8-9-32-14-20(13-22(30)36)31(5)16-32;/h6-7,14,16-19,21,23-24,35H,1-2,8-13,15H2,3-5H3,(H-,30,36);1H/t17-,18-,19-,21+,23-,24-;/m1./s1. The number of halogens is 1. The van der Waals surface area contributed by atoms with E-state index in [-0.39, 0.29) is 78.5 Å². The summed E-state index contributed by atoms with van der Waals surface area (Å²) >= 11 is 1.49. The van der Waals surface area contributed by atoms with Gasteiger partial charge in [-0.05, 0) is 13.3 Å². The van der Waals surface area contributed by atoms with Gasteiger partial charge in [0.15, 0.2) is 5.69 Å². The van der Waals surface area contributed by atoms with Gasteiger partial charge in [-0.2, -0.15) is 0 Å². The molecule has 0 spiro atoms. The van der Waals surface area contributed by atoms with Crippen LogP contribution in [0.15, 0.2) is 48.4 Å². The third-order valence-electron chi connectivity index (χ3n) is 8.03. The third kappa shape index (κ3) is 7.28. The summed E-state index contributed by atoms with van der Waals surface area (Å²) in [7, 11) is 1.85. The molecule has 0 aliphatic carbocycles. The van der Waals surface area contributed by atoms with Gasteiger partial charge in [0.1, 0.15) is 25.1 Å². The number of hydrogen-bond donors (Lipinski definition) is 2. The molecule has 3 N–H and O–H groups in total. The lowest BCUT2D eigenvalue weighted by molar-refractivity contribution is -0.697. The molecule has 3 aliphatic heterocycles. The van der Waals surface area contributed by atoms with Crippen molar-refractivity contribution in [2.75, 3.05) is 19.8 Å². The van der Waals surface area contributed by atoms with Crippen LogP contribution in [0.1, 0.15) is 32.4 Å². The van der Waals surface area contributed by atoms with E-state index in [2.05, 4.69) is 13.2 Å². The molecule has 12 nitrogen and oxygen atoms in total. The smallest absolute Gasteiger partial charge is 0.410 e. The van der Waals surface area contributed by atoms with E-state index in [1.54, 1.807) is 11.8 Å². The van der Waals surface area contributed by atoms with Crippen LogP contribution in [-0.2, 0) is 43.9 Å². The number of hydrogen-bond acceptors (Lipinski definition) is 8. The molecule has 4 rings (SSSR count). The summed E-state index contributed by atoms with van der Waals surface area (Å²) in [5.41, 5.74) is 6.37. The molecule has 2 saturated heterocycles. The zero-order chi connectivity index (χ0) is 30.7. The molecule has 4 heterocycles. The number of nitrogens with two attached hydrogens (primary N) is 1. The second kappa shape index (κ2) is 14.8. The number of fused-ring (bicyclic) bond motifs is 1. The van der Waals surface area contributed by atoms with Crippen LogP contribution in [-0.4, -0.2) is 86.5 Å². The Morgan fingerprint density at radius 1 is 1.26 bits per heavy atom. The van der Waals surface area contributed by atoms with Gasteiger partial charge in [0.2, 0.25) is 18.1 Å². The summed E-state index contributed by atoms with van der Waals surface area (Å²) in [4.78, 5) is 54.4. The van der Waals surface area contributed by atoms with Gasteiger partial charge in [0, 0.05) is 35.1 Å². The topological polar surface area (TPSA) is 148 Å². The highest BCUT2D eigenvalue weighted by atomic mass is 127. The van der Waals surface area contributed by atoms with Crippen molar-refractivity contribution < 1.29 is 62.3 Å². The van der Waals surface area contributed by atoms with Crippen LogP contribution in [0.3, 0.4) is 0 Å². The van der Waals surface area contributed by atoms with Crippen molar-refractivity contribution in [1.82, 2.24) is 14.4 Å². The van der Waals surface area contributed by atoms with Gasteiger partial charge in [0.05, 0.1) is 38.1 Å². The van der Waals surface area contributed by atoms with Crippen LogP contribution >= 0.6 is 11.8 Å². The maximum absolute atomic E-state index is 13.1. The number of imidazole rings is 1. The zero-order valence-corrected chi connectivity index (χ0v) is 27.7. The second-order valence-electron chi connectivity index (χ2n) is 11.0. The minimum absolute atomic E-state index is 0. The second-order valence-corrected chi connectivity index (χ2v) is 12.4. The van der Waals surface area contributed by atoms with E-state index in [9.17, 15) is 24.3 Å². The molecule has 3 amide bonds. The molecule has 14 heteroatoms. The minimum Gasteiger partial charge on any atom is -1.00 e. The highest BCUT2D eigenvalue weighted by Gasteiger charge is 2.60. The molecule has 0 radical (unpaired) electrons. The Balaban J connectivity index is 0.00000506. The Morgan fingerprint density at radius 2 is 1.93 bits per heavy atom. The number of aliphatic hydroxyl groups excluding tert-OH is 1. The van der Waals surface area contributed by atoms with E-state index in [1.165, 1.54) is 28.8 Å². The van der Waals surface area contributed by atoms with Crippen molar-refractivity contribution in [1.29, 1.82) is 0 Å². The van der Waals surface area contributed by atoms with Gasteiger partial charge in [-0.1, -0.05) is 32.2 Å². The molecule has 1 aromatic heterocycles. The Kier molecular flexibility index (Phi) is 11.9. The number of ether oxygens (including phenoxy) is 2. The van der Waals surface area contributed by atoms with Crippen LogP contribution in [0.5, 0.6) is 0 Å². The monoisotopic (exact) mass is 729 g/mol. The number of rotatable bonds is 13. The van der Waals surface area contributed by atoms with Gasteiger partial charge >= 0.3 is 12.1 Å². The summed E-state index contributed by atoms with van der Waals surface area (Å²) in [6, 6.07) is -0.481. The van der Waals surface area contributed by atoms with Crippen molar-refractivity contribution in [3.05, 3.63) is 54.1 Å². The number of aryl methyl sites for hydroxylation is 2. The lowest BCUT2D eigenvalue weighted by Gasteiger charge is -2.46. The van der Waals surface area contributed by atoms with E-state index >= 15 is 0 Å². The fraction of sp³-hybridized carbons (Fsp3) is 0.552. The third-order valence-corrected chi connectivity index (χ3v) is 9.52. The maximum Gasteiger partial charge on any atom is 0.410 e. The van der Waals surface area contributed by atoms with Crippen molar-refractivity contribution >= 4 is 35.6 Å². The first kappa shape index (κ1) is 34.6. The summed E-state index contributed by atoms with van der Waals surface area (Å²) < 4.78 is 14.6. The predicted molar refractivity (Wildman–Crippen MR) is 154 cm³/mol. The first-order valence-corrected chi connectivity index (χ1v) is 14.9. The van der Waals surface area contributed by atoms with Crippen LogP contribution in [0, 0.1) is 11.8 Å². The number of aliphatic hydroxyl groups is 1. The molecule has 3 aliphatic rings. The molecule has 43 heavy (non-hydrogen) atoms. The number of carbonyl (C=O) groups is 4. The summed E-state index contributed by atoms with van der Waals surface area (Å²) in [6.45, 7) is 11.8. The summed E-state index contributed by atoms with van der Waals surface area (Å²) in [5, 5.41) is 10.2. The first-order valence-electron chi connectivity index (χ1n) is 14.0. The molecule has 0 saturated carbocycles. The molecule has 1 aromatic rings. The van der Waals surface area contributed by atoms with Gasteiger partial charge in [0.25, 0.3) is 0 Å².